The van der Waals surface area contributed by atoms with E-state index in [1.54, 1.807) is 24.3 Å². The van der Waals surface area contributed by atoms with Crippen LogP contribution in [-0.2, 0) is 0 Å². The van der Waals surface area contributed by atoms with Gasteiger partial charge in [-0.3, -0.25) is 9.59 Å². The fourth-order valence-electron chi connectivity index (χ4n) is 2.72. The van der Waals surface area contributed by atoms with E-state index < -0.39 is 0 Å². The standard InChI is InChI=1S/C22H19NO2/c1-16(24)17-12-14-20(15-13-17)22(25)23-21(18-8-4-2-5-9-18)19-10-6-3-7-11-19/h2-15,21H,1H3,(H,23,25). The van der Waals surface area contributed by atoms with Gasteiger partial charge in [-0.1, -0.05) is 72.8 Å². The van der Waals surface area contributed by atoms with E-state index in [0.29, 0.717) is 11.1 Å². The van der Waals surface area contributed by atoms with E-state index in [4.69, 9.17) is 0 Å². The Morgan fingerprint density at radius 2 is 1.12 bits per heavy atom. The van der Waals surface area contributed by atoms with Crippen LogP contribution in [0.4, 0.5) is 0 Å². The Hall–Kier alpha value is -3.20. The van der Waals surface area contributed by atoms with Crippen LogP contribution in [0, 0.1) is 0 Å². The quantitative estimate of drug-likeness (QED) is 0.705. The second-order valence-corrected chi connectivity index (χ2v) is 5.86. The van der Waals surface area contributed by atoms with Crippen LogP contribution in [0.3, 0.4) is 0 Å². The van der Waals surface area contributed by atoms with Gasteiger partial charge in [-0.05, 0) is 30.2 Å². The second kappa shape index (κ2) is 7.58. The van der Waals surface area contributed by atoms with Crippen molar-refractivity contribution in [2.45, 2.75) is 13.0 Å². The topological polar surface area (TPSA) is 46.2 Å². The molecule has 3 nitrogen and oxygen atoms in total. The highest BCUT2D eigenvalue weighted by atomic mass is 16.1. The monoisotopic (exact) mass is 329 g/mol. The summed E-state index contributed by atoms with van der Waals surface area (Å²) in [5.41, 5.74) is 3.16. The Morgan fingerprint density at radius 3 is 1.56 bits per heavy atom. The minimum absolute atomic E-state index is 0.0154. The summed E-state index contributed by atoms with van der Waals surface area (Å²) in [7, 11) is 0. The summed E-state index contributed by atoms with van der Waals surface area (Å²) in [6.07, 6.45) is 0. The van der Waals surface area contributed by atoms with Crippen molar-refractivity contribution in [1.29, 1.82) is 0 Å². The molecule has 1 N–H and O–H groups in total. The Balaban J connectivity index is 1.87. The van der Waals surface area contributed by atoms with Gasteiger partial charge in [0.15, 0.2) is 5.78 Å². The first-order valence-corrected chi connectivity index (χ1v) is 8.17. The van der Waals surface area contributed by atoms with Crippen LogP contribution in [0.5, 0.6) is 0 Å². The molecule has 0 unspecified atom stereocenters. The third kappa shape index (κ3) is 4.01. The SMILES string of the molecule is CC(=O)c1ccc(C(=O)NC(c2ccccc2)c2ccccc2)cc1. The van der Waals surface area contributed by atoms with Crippen molar-refractivity contribution in [3.63, 3.8) is 0 Å². The zero-order valence-corrected chi connectivity index (χ0v) is 14.0. The van der Waals surface area contributed by atoms with Crippen molar-refractivity contribution in [3.05, 3.63) is 107 Å². The minimum atomic E-state index is -0.234. The van der Waals surface area contributed by atoms with E-state index in [9.17, 15) is 9.59 Å². The summed E-state index contributed by atoms with van der Waals surface area (Å²) in [6.45, 7) is 1.51. The zero-order valence-electron chi connectivity index (χ0n) is 14.0. The molecule has 3 rings (SSSR count). The summed E-state index contributed by atoms with van der Waals surface area (Å²) in [5.74, 6) is -0.189. The van der Waals surface area contributed by atoms with Crippen LogP contribution in [0.15, 0.2) is 84.9 Å². The maximum Gasteiger partial charge on any atom is 0.252 e. The molecule has 1 amide bonds. The lowest BCUT2D eigenvalue weighted by Crippen LogP contribution is -2.29. The minimum Gasteiger partial charge on any atom is -0.341 e. The summed E-state index contributed by atoms with van der Waals surface area (Å²) in [5, 5.41) is 3.09. The Kier molecular flexibility index (Phi) is 5.05. The van der Waals surface area contributed by atoms with Crippen LogP contribution in [0.2, 0.25) is 0 Å². The Bertz CT molecular complexity index is 816. The van der Waals surface area contributed by atoms with E-state index in [0.717, 1.165) is 11.1 Å². The third-order valence-electron chi connectivity index (χ3n) is 4.09. The molecule has 25 heavy (non-hydrogen) atoms. The normalized spacial score (nSPS) is 10.5. The molecule has 0 heterocycles. The lowest BCUT2D eigenvalue weighted by Gasteiger charge is -2.20. The van der Waals surface area contributed by atoms with Gasteiger partial charge in [-0.25, -0.2) is 0 Å². The molecular formula is C22H19NO2. The highest BCUT2D eigenvalue weighted by Gasteiger charge is 2.17. The maximum atomic E-state index is 12.7. The van der Waals surface area contributed by atoms with Crippen LogP contribution >= 0.6 is 0 Å². The number of carbonyl (C=O) groups excluding carboxylic acids is 2. The number of amides is 1. The average Bonchev–Trinajstić information content (AvgIpc) is 2.67. The van der Waals surface area contributed by atoms with Crippen molar-refractivity contribution < 1.29 is 9.59 Å². The highest BCUT2D eigenvalue weighted by molar-refractivity contribution is 5.98. The van der Waals surface area contributed by atoms with Crippen molar-refractivity contribution in [2.24, 2.45) is 0 Å². The molecule has 0 aliphatic heterocycles. The molecule has 0 atom stereocenters. The Labute approximate surface area is 147 Å². The van der Waals surface area contributed by atoms with Gasteiger partial charge in [0.2, 0.25) is 0 Å². The van der Waals surface area contributed by atoms with Crippen molar-refractivity contribution in [1.82, 2.24) is 5.32 Å². The van der Waals surface area contributed by atoms with E-state index in [-0.39, 0.29) is 17.7 Å². The molecule has 0 radical (unpaired) electrons. The van der Waals surface area contributed by atoms with Gasteiger partial charge in [-0.2, -0.15) is 0 Å². The van der Waals surface area contributed by atoms with Crippen molar-refractivity contribution in [3.8, 4) is 0 Å². The molecule has 0 bridgehead atoms. The second-order valence-electron chi connectivity index (χ2n) is 5.86. The fraction of sp³-hybridized carbons (Fsp3) is 0.0909. The fourth-order valence-corrected chi connectivity index (χ4v) is 2.72. The Morgan fingerprint density at radius 1 is 0.680 bits per heavy atom. The number of nitrogens with one attached hydrogen (secondary N) is 1. The van der Waals surface area contributed by atoms with Gasteiger partial charge >= 0.3 is 0 Å². The first kappa shape index (κ1) is 16.7. The molecule has 0 saturated carbocycles. The van der Waals surface area contributed by atoms with E-state index >= 15 is 0 Å². The van der Waals surface area contributed by atoms with Crippen molar-refractivity contribution in [2.75, 3.05) is 0 Å². The summed E-state index contributed by atoms with van der Waals surface area (Å²) >= 11 is 0. The molecule has 0 aliphatic rings. The molecule has 124 valence electrons. The zero-order chi connectivity index (χ0) is 17.6. The van der Waals surface area contributed by atoms with Crippen LogP contribution in [-0.4, -0.2) is 11.7 Å². The number of rotatable bonds is 5. The highest BCUT2D eigenvalue weighted by Crippen LogP contribution is 2.22. The predicted molar refractivity (Wildman–Crippen MR) is 98.6 cm³/mol. The number of benzene rings is 3. The van der Waals surface area contributed by atoms with Crippen LogP contribution < -0.4 is 5.32 Å². The van der Waals surface area contributed by atoms with Crippen LogP contribution in [0.25, 0.3) is 0 Å². The molecule has 0 aliphatic carbocycles. The van der Waals surface area contributed by atoms with Gasteiger partial charge in [-0.15, -0.1) is 0 Å². The average molecular weight is 329 g/mol. The summed E-state index contributed by atoms with van der Waals surface area (Å²) in [4.78, 5) is 24.1. The maximum absolute atomic E-state index is 12.7. The first-order chi connectivity index (χ1) is 12.1. The van der Waals surface area contributed by atoms with Crippen molar-refractivity contribution >= 4 is 11.7 Å². The lowest BCUT2D eigenvalue weighted by molar-refractivity contribution is 0.0941. The van der Waals surface area contributed by atoms with Crippen LogP contribution in [0.1, 0.15) is 44.8 Å². The predicted octanol–water partition coefficient (Wildman–Crippen LogP) is 4.41. The molecule has 0 aromatic heterocycles. The molecule has 0 spiro atoms. The van der Waals surface area contributed by atoms with Gasteiger partial charge in [0, 0.05) is 11.1 Å². The van der Waals surface area contributed by atoms with Gasteiger partial charge in [0.05, 0.1) is 6.04 Å². The summed E-state index contributed by atoms with van der Waals surface area (Å²) in [6, 6.07) is 26.2. The largest absolute Gasteiger partial charge is 0.341 e. The number of ketones is 1. The molecule has 0 saturated heterocycles. The van der Waals surface area contributed by atoms with E-state index in [2.05, 4.69) is 5.32 Å². The number of hydrogen-bond donors (Lipinski definition) is 1. The molecule has 3 heteroatoms. The van der Waals surface area contributed by atoms with Gasteiger partial charge < -0.3 is 5.32 Å². The lowest BCUT2D eigenvalue weighted by atomic mass is 9.98. The van der Waals surface area contributed by atoms with E-state index in [1.807, 2.05) is 60.7 Å². The first-order valence-electron chi connectivity index (χ1n) is 8.17. The molecule has 3 aromatic carbocycles. The van der Waals surface area contributed by atoms with Gasteiger partial charge in [0.1, 0.15) is 0 Å². The number of hydrogen-bond acceptors (Lipinski definition) is 2. The third-order valence-corrected chi connectivity index (χ3v) is 4.09. The summed E-state index contributed by atoms with van der Waals surface area (Å²) < 4.78 is 0. The van der Waals surface area contributed by atoms with E-state index in [1.165, 1.54) is 6.92 Å². The van der Waals surface area contributed by atoms with Gasteiger partial charge in [0.25, 0.3) is 5.91 Å². The molecule has 3 aromatic rings. The number of Topliss-reactive ketones (excluding diaryl/α,β-unsaturated/α-hetero) is 1. The molecular weight excluding hydrogens is 310 g/mol. The molecule has 0 fully saturated rings. The smallest absolute Gasteiger partial charge is 0.252 e. The number of carbonyl (C=O) groups is 2.